The van der Waals surface area contributed by atoms with Crippen LogP contribution in [0.15, 0.2) is 78.9 Å². The molecule has 5 rings (SSSR count). The fourth-order valence-corrected chi connectivity index (χ4v) is 5.75. The largest absolute Gasteiger partial charge is 0.461 e. The van der Waals surface area contributed by atoms with Gasteiger partial charge in [0.2, 0.25) is 0 Å². The van der Waals surface area contributed by atoms with Crippen molar-refractivity contribution < 1.29 is 33.3 Å². The quantitative estimate of drug-likeness (QED) is 0.315. The zero-order chi connectivity index (χ0) is 28.1. The van der Waals surface area contributed by atoms with E-state index in [2.05, 4.69) is 18.7 Å². The number of ketones is 1. The van der Waals surface area contributed by atoms with E-state index in [-0.39, 0.29) is 55.3 Å². The summed E-state index contributed by atoms with van der Waals surface area (Å²) in [7, 11) is 0. The molecule has 7 nitrogen and oxygen atoms in total. The van der Waals surface area contributed by atoms with Gasteiger partial charge in [0.25, 0.3) is 0 Å². The van der Waals surface area contributed by atoms with Crippen molar-refractivity contribution >= 4 is 17.8 Å². The number of ether oxygens (including phenoxy) is 5. The van der Waals surface area contributed by atoms with Gasteiger partial charge in [-0.1, -0.05) is 79.4 Å². The van der Waals surface area contributed by atoms with Crippen LogP contribution in [0.1, 0.15) is 50.7 Å². The second kappa shape index (κ2) is 12.6. The van der Waals surface area contributed by atoms with E-state index in [9.17, 15) is 9.59 Å². The molecule has 0 saturated carbocycles. The van der Waals surface area contributed by atoms with Crippen LogP contribution in [0.2, 0.25) is 0 Å². The normalized spacial score (nSPS) is 31.8. The monoisotopic (exact) mass is 546 g/mol. The van der Waals surface area contributed by atoms with Gasteiger partial charge in [-0.05, 0) is 30.0 Å². The van der Waals surface area contributed by atoms with Crippen LogP contribution in [-0.2, 0) is 39.9 Å². The topological polar surface area (TPSA) is 80.3 Å². The van der Waals surface area contributed by atoms with E-state index in [1.165, 1.54) is 6.92 Å². The van der Waals surface area contributed by atoms with E-state index in [1.807, 2.05) is 67.6 Å². The molecule has 40 heavy (non-hydrogen) atoms. The summed E-state index contributed by atoms with van der Waals surface area (Å²) in [4.78, 5) is 24.5. The third-order valence-corrected chi connectivity index (χ3v) is 7.94. The van der Waals surface area contributed by atoms with Crippen LogP contribution in [0.3, 0.4) is 0 Å². The summed E-state index contributed by atoms with van der Waals surface area (Å²) in [6.45, 7) is 7.77. The number of hydrogen-bond donors (Lipinski definition) is 0. The average molecular weight is 547 g/mol. The summed E-state index contributed by atoms with van der Waals surface area (Å²) >= 11 is 0. The molecule has 2 aromatic rings. The highest BCUT2D eigenvalue weighted by atomic mass is 16.6. The van der Waals surface area contributed by atoms with Gasteiger partial charge >= 0.3 is 5.97 Å². The zero-order valence-corrected chi connectivity index (χ0v) is 23.2. The van der Waals surface area contributed by atoms with Crippen molar-refractivity contribution in [1.29, 1.82) is 0 Å². The van der Waals surface area contributed by atoms with Gasteiger partial charge in [-0.3, -0.25) is 9.59 Å². The van der Waals surface area contributed by atoms with Gasteiger partial charge in [-0.15, -0.1) is 0 Å². The fourth-order valence-electron chi connectivity index (χ4n) is 5.75. The molecule has 212 valence electrons. The second-order valence-electron chi connectivity index (χ2n) is 11.1. The number of carbonyl (C=O) groups excluding carboxylic acids is 2. The zero-order valence-electron chi connectivity index (χ0n) is 23.2. The van der Waals surface area contributed by atoms with Crippen molar-refractivity contribution in [3.63, 3.8) is 0 Å². The molecule has 7 heteroatoms. The lowest BCUT2D eigenvalue weighted by molar-refractivity contribution is -0.285. The molecular weight excluding hydrogens is 508 g/mol. The van der Waals surface area contributed by atoms with Crippen molar-refractivity contribution in [3.8, 4) is 0 Å². The van der Waals surface area contributed by atoms with Crippen LogP contribution in [0.25, 0.3) is 6.08 Å². The van der Waals surface area contributed by atoms with E-state index in [0.29, 0.717) is 31.4 Å². The van der Waals surface area contributed by atoms with Gasteiger partial charge in [-0.25, -0.2) is 0 Å². The molecule has 0 N–H and O–H groups in total. The summed E-state index contributed by atoms with van der Waals surface area (Å²) in [5.41, 5.74) is 1.84. The Hall–Kier alpha value is -3.10. The Labute approximate surface area is 236 Å². The third kappa shape index (κ3) is 6.78. The van der Waals surface area contributed by atoms with Crippen LogP contribution >= 0.6 is 0 Å². The lowest BCUT2D eigenvalue weighted by atomic mass is 9.78. The van der Waals surface area contributed by atoms with Crippen LogP contribution in [-0.4, -0.2) is 60.6 Å². The highest BCUT2D eigenvalue weighted by molar-refractivity contribution is 5.89. The van der Waals surface area contributed by atoms with E-state index >= 15 is 0 Å². The number of hydrogen-bond acceptors (Lipinski definition) is 7. The van der Waals surface area contributed by atoms with Gasteiger partial charge in [-0.2, -0.15) is 0 Å². The number of carbonyl (C=O) groups is 2. The molecule has 3 saturated heterocycles. The number of fused-ring (bicyclic) bond motifs is 2. The standard InChI is InChI=1S/C33H38O7/c1-22(20-36-23(2)34)16-26-17-31(35)33(3)32(38-26)19-29-30(40-33)18-28(37-21-25-12-8-5-9-13-25)27(39-29)15-14-24-10-6-4-7-11-24/h4-15,26-30,32H,1,16-21H2,2-3H3/b15-14+/t26-,27-,28+,29+,30-,32-,33+/m1/s1. The minimum absolute atomic E-state index is 0.0142. The average Bonchev–Trinajstić information content (AvgIpc) is 2.94. The van der Waals surface area contributed by atoms with Gasteiger partial charge in [0, 0.05) is 26.2 Å². The van der Waals surface area contributed by atoms with Gasteiger partial charge < -0.3 is 23.7 Å². The Morgan fingerprint density at radius 2 is 1.77 bits per heavy atom. The van der Waals surface area contributed by atoms with Crippen molar-refractivity contribution in [2.24, 2.45) is 0 Å². The van der Waals surface area contributed by atoms with Crippen LogP contribution in [0, 0.1) is 0 Å². The predicted octanol–water partition coefficient (Wildman–Crippen LogP) is 5.23. The van der Waals surface area contributed by atoms with Crippen LogP contribution in [0.4, 0.5) is 0 Å². The van der Waals surface area contributed by atoms with Crippen molar-refractivity contribution in [3.05, 3.63) is 90.0 Å². The molecule has 2 aromatic carbocycles. The summed E-state index contributed by atoms with van der Waals surface area (Å²) < 4.78 is 31.0. The maximum absolute atomic E-state index is 13.4. The van der Waals surface area contributed by atoms with Gasteiger partial charge in [0.1, 0.15) is 18.3 Å². The van der Waals surface area contributed by atoms with Crippen LogP contribution in [0.5, 0.6) is 0 Å². The lowest BCUT2D eigenvalue weighted by Crippen LogP contribution is -2.66. The SMILES string of the molecule is C=C(COC(C)=O)C[C@@H]1CC(=O)[C@]2(C)O[C@@H]3C[C@H](OCc4ccccc4)[C@@H](/C=C/c4ccccc4)O[C@H]3C[C@H]2O1. The highest BCUT2D eigenvalue weighted by Crippen LogP contribution is 2.43. The summed E-state index contributed by atoms with van der Waals surface area (Å²) in [5, 5.41) is 0. The summed E-state index contributed by atoms with van der Waals surface area (Å²) in [6, 6.07) is 20.2. The Morgan fingerprint density at radius 1 is 1.05 bits per heavy atom. The molecule has 7 atom stereocenters. The predicted molar refractivity (Wildman–Crippen MR) is 150 cm³/mol. The Morgan fingerprint density at radius 3 is 2.50 bits per heavy atom. The summed E-state index contributed by atoms with van der Waals surface area (Å²) in [5.74, 6) is -0.349. The Kier molecular flexibility index (Phi) is 8.96. The maximum Gasteiger partial charge on any atom is 0.302 e. The molecule has 3 aliphatic heterocycles. The van der Waals surface area contributed by atoms with Crippen molar-refractivity contribution in [1.82, 2.24) is 0 Å². The fraction of sp³-hybridized carbons (Fsp3) is 0.455. The first-order valence-electron chi connectivity index (χ1n) is 14.0. The number of Topliss-reactive ketones (excluding diaryl/α,β-unsaturated/α-hetero) is 1. The maximum atomic E-state index is 13.4. The first-order valence-corrected chi connectivity index (χ1v) is 14.0. The van der Waals surface area contributed by atoms with Crippen molar-refractivity contribution in [2.45, 2.75) is 88.4 Å². The van der Waals surface area contributed by atoms with E-state index in [1.54, 1.807) is 0 Å². The minimum atomic E-state index is -1.05. The minimum Gasteiger partial charge on any atom is -0.461 e. The molecule has 0 radical (unpaired) electrons. The molecule has 3 aliphatic rings. The van der Waals surface area contributed by atoms with Crippen molar-refractivity contribution in [2.75, 3.05) is 6.61 Å². The highest BCUT2D eigenvalue weighted by Gasteiger charge is 2.57. The Balaban J connectivity index is 1.29. The van der Waals surface area contributed by atoms with E-state index in [0.717, 1.165) is 11.1 Å². The molecule has 3 heterocycles. The number of esters is 1. The molecular formula is C33H38O7. The smallest absolute Gasteiger partial charge is 0.302 e. The molecule has 0 unspecified atom stereocenters. The second-order valence-corrected chi connectivity index (χ2v) is 11.1. The molecule has 0 aliphatic carbocycles. The molecule has 3 fully saturated rings. The lowest BCUT2D eigenvalue weighted by Gasteiger charge is -2.53. The third-order valence-electron chi connectivity index (χ3n) is 7.94. The number of benzene rings is 2. The summed E-state index contributed by atoms with van der Waals surface area (Å²) in [6.07, 6.45) is 4.11. The molecule has 0 spiro atoms. The van der Waals surface area contributed by atoms with Gasteiger partial charge in [0.15, 0.2) is 5.78 Å². The first kappa shape index (κ1) is 28.4. The van der Waals surface area contributed by atoms with Crippen LogP contribution < -0.4 is 0 Å². The first-order chi connectivity index (χ1) is 19.3. The molecule has 0 bridgehead atoms. The van der Waals surface area contributed by atoms with E-state index < -0.39 is 11.7 Å². The number of rotatable bonds is 9. The van der Waals surface area contributed by atoms with E-state index in [4.69, 9.17) is 23.7 Å². The molecule has 0 aromatic heterocycles. The molecule has 0 amide bonds. The Bertz CT molecular complexity index is 1210. The van der Waals surface area contributed by atoms with Gasteiger partial charge in [0.05, 0.1) is 37.1 Å².